The van der Waals surface area contributed by atoms with Gasteiger partial charge in [-0.1, -0.05) is 6.07 Å². The number of alkyl halides is 6. The molecule has 12 heteroatoms. The standard InChI is InChI=1S/C15H9F7N4O/c1-27-12-9(5-8-11(25-12)26-13(24-8)15(20,21)22)23-7-4-2-3-6(10(7)16)14(17,18)19/h2-5,23H,1H3,(H,24,25,26). The van der Waals surface area contributed by atoms with E-state index in [1.54, 1.807) is 0 Å². The molecule has 3 rings (SSSR count). The second kappa shape index (κ2) is 6.28. The van der Waals surface area contributed by atoms with Crippen molar-refractivity contribution >= 4 is 22.5 Å². The molecular formula is C15H9F7N4O. The van der Waals surface area contributed by atoms with Gasteiger partial charge in [0.15, 0.2) is 11.5 Å². The molecule has 2 N–H and O–H groups in total. The van der Waals surface area contributed by atoms with Gasteiger partial charge in [0, 0.05) is 0 Å². The first-order valence-corrected chi connectivity index (χ1v) is 7.15. The molecule has 27 heavy (non-hydrogen) atoms. The van der Waals surface area contributed by atoms with E-state index >= 15 is 0 Å². The van der Waals surface area contributed by atoms with Gasteiger partial charge < -0.3 is 15.0 Å². The number of hydrogen-bond acceptors (Lipinski definition) is 4. The van der Waals surface area contributed by atoms with E-state index in [9.17, 15) is 30.7 Å². The van der Waals surface area contributed by atoms with Crippen LogP contribution in [0.15, 0.2) is 24.3 Å². The van der Waals surface area contributed by atoms with Crippen molar-refractivity contribution in [3.63, 3.8) is 0 Å². The maximum absolute atomic E-state index is 14.1. The monoisotopic (exact) mass is 394 g/mol. The molecule has 0 radical (unpaired) electrons. The second-order valence-corrected chi connectivity index (χ2v) is 5.29. The molecule has 144 valence electrons. The maximum atomic E-state index is 14.1. The molecule has 0 saturated heterocycles. The number of ether oxygens (including phenoxy) is 1. The van der Waals surface area contributed by atoms with Gasteiger partial charge in [0.05, 0.1) is 18.4 Å². The topological polar surface area (TPSA) is 62.8 Å². The van der Waals surface area contributed by atoms with E-state index in [4.69, 9.17) is 4.74 Å². The van der Waals surface area contributed by atoms with Crippen molar-refractivity contribution in [2.24, 2.45) is 0 Å². The number of pyridine rings is 1. The van der Waals surface area contributed by atoms with E-state index in [0.717, 1.165) is 25.3 Å². The Morgan fingerprint density at radius 3 is 2.30 bits per heavy atom. The summed E-state index contributed by atoms with van der Waals surface area (Å²) >= 11 is 0. The molecule has 0 aliphatic rings. The summed E-state index contributed by atoms with van der Waals surface area (Å²) in [7, 11) is 1.14. The third-order valence-corrected chi connectivity index (χ3v) is 3.47. The highest BCUT2D eigenvalue weighted by Crippen LogP contribution is 2.37. The number of aromatic nitrogens is 3. The van der Waals surface area contributed by atoms with Gasteiger partial charge in [-0.05, 0) is 18.2 Å². The van der Waals surface area contributed by atoms with E-state index in [1.807, 2.05) is 4.98 Å². The van der Waals surface area contributed by atoms with Gasteiger partial charge in [0.25, 0.3) is 0 Å². The van der Waals surface area contributed by atoms with Crippen molar-refractivity contribution in [3.05, 3.63) is 41.5 Å². The Labute approximate surface area is 146 Å². The third-order valence-electron chi connectivity index (χ3n) is 3.47. The SMILES string of the molecule is COc1nc2[nH]c(C(F)(F)F)nc2cc1Nc1cccc(C(F)(F)F)c1F. The molecule has 0 atom stereocenters. The van der Waals surface area contributed by atoms with Crippen LogP contribution in [0, 0.1) is 5.82 Å². The van der Waals surface area contributed by atoms with Crippen LogP contribution in [0.1, 0.15) is 11.4 Å². The van der Waals surface area contributed by atoms with Crippen LogP contribution in [-0.4, -0.2) is 22.1 Å². The number of imidazole rings is 1. The molecule has 1 aromatic carbocycles. The number of H-pyrrole nitrogens is 1. The quantitative estimate of drug-likeness (QED) is 0.622. The van der Waals surface area contributed by atoms with Crippen LogP contribution in [0.3, 0.4) is 0 Å². The fourth-order valence-electron chi connectivity index (χ4n) is 2.30. The van der Waals surface area contributed by atoms with Gasteiger partial charge in [0.1, 0.15) is 11.2 Å². The molecule has 3 aromatic rings. The summed E-state index contributed by atoms with van der Waals surface area (Å²) in [4.78, 5) is 9.07. The fourth-order valence-corrected chi connectivity index (χ4v) is 2.30. The summed E-state index contributed by atoms with van der Waals surface area (Å²) in [6, 6.07) is 3.61. The van der Waals surface area contributed by atoms with E-state index in [2.05, 4.69) is 15.3 Å². The molecule has 0 fully saturated rings. The maximum Gasteiger partial charge on any atom is 0.449 e. The summed E-state index contributed by atoms with van der Waals surface area (Å²) in [5, 5.41) is 2.35. The van der Waals surface area contributed by atoms with Crippen molar-refractivity contribution in [2.45, 2.75) is 12.4 Å². The zero-order chi connectivity index (χ0) is 20.0. The molecule has 0 unspecified atom stereocenters. The second-order valence-electron chi connectivity index (χ2n) is 5.29. The Hall–Kier alpha value is -3.05. The van der Waals surface area contributed by atoms with Gasteiger partial charge >= 0.3 is 12.4 Å². The number of fused-ring (bicyclic) bond motifs is 1. The Morgan fingerprint density at radius 1 is 1.00 bits per heavy atom. The molecule has 2 heterocycles. The molecule has 0 spiro atoms. The largest absolute Gasteiger partial charge is 0.479 e. The number of benzene rings is 1. The van der Waals surface area contributed by atoms with Gasteiger partial charge in [-0.25, -0.2) is 9.37 Å². The average Bonchev–Trinajstić information content (AvgIpc) is 2.98. The van der Waals surface area contributed by atoms with Gasteiger partial charge in [-0.15, -0.1) is 0 Å². The Morgan fingerprint density at radius 2 is 1.70 bits per heavy atom. The van der Waals surface area contributed by atoms with E-state index in [0.29, 0.717) is 6.07 Å². The van der Waals surface area contributed by atoms with Crippen molar-refractivity contribution in [2.75, 3.05) is 12.4 Å². The number of halogens is 7. The molecule has 0 bridgehead atoms. The third kappa shape index (κ3) is 3.59. The predicted octanol–water partition coefficient (Wildman–Crippen LogP) is 4.89. The molecule has 2 aromatic heterocycles. The van der Waals surface area contributed by atoms with Gasteiger partial charge in [0.2, 0.25) is 11.7 Å². The Kier molecular flexibility index (Phi) is 4.36. The van der Waals surface area contributed by atoms with Crippen LogP contribution in [-0.2, 0) is 12.4 Å². The molecule has 0 saturated carbocycles. The molecule has 5 nitrogen and oxygen atoms in total. The molecular weight excluding hydrogens is 385 g/mol. The van der Waals surface area contributed by atoms with E-state index < -0.39 is 35.2 Å². The van der Waals surface area contributed by atoms with Crippen molar-refractivity contribution in [1.29, 1.82) is 0 Å². The zero-order valence-corrected chi connectivity index (χ0v) is 13.3. The lowest BCUT2D eigenvalue weighted by Crippen LogP contribution is -2.10. The zero-order valence-electron chi connectivity index (χ0n) is 13.3. The minimum absolute atomic E-state index is 0.163. The van der Waals surface area contributed by atoms with Crippen LogP contribution in [0.25, 0.3) is 11.2 Å². The summed E-state index contributed by atoms with van der Waals surface area (Å²) in [5.41, 5.74) is -2.72. The van der Waals surface area contributed by atoms with Crippen LogP contribution in [0.5, 0.6) is 5.88 Å². The lowest BCUT2D eigenvalue weighted by Gasteiger charge is -2.14. The predicted molar refractivity (Wildman–Crippen MR) is 80.1 cm³/mol. The molecule has 0 amide bonds. The summed E-state index contributed by atoms with van der Waals surface area (Å²) in [6.07, 6.45) is -9.67. The summed E-state index contributed by atoms with van der Waals surface area (Å²) in [5.74, 6) is -3.16. The number of rotatable bonds is 3. The van der Waals surface area contributed by atoms with Gasteiger partial charge in [-0.3, -0.25) is 0 Å². The van der Waals surface area contributed by atoms with Crippen LogP contribution in [0.2, 0.25) is 0 Å². The lowest BCUT2D eigenvalue weighted by atomic mass is 10.1. The van der Waals surface area contributed by atoms with E-state index in [-0.39, 0.29) is 22.7 Å². The lowest BCUT2D eigenvalue weighted by molar-refractivity contribution is -0.144. The first-order chi connectivity index (χ1) is 12.5. The number of nitrogens with zero attached hydrogens (tertiary/aromatic N) is 2. The first kappa shape index (κ1) is 18.7. The highest BCUT2D eigenvalue weighted by molar-refractivity contribution is 5.80. The van der Waals surface area contributed by atoms with Crippen LogP contribution < -0.4 is 10.1 Å². The summed E-state index contributed by atoms with van der Waals surface area (Å²) < 4.78 is 95.7. The Bertz CT molecular complexity index is 994. The van der Waals surface area contributed by atoms with Crippen molar-refractivity contribution < 1.29 is 35.5 Å². The Balaban J connectivity index is 2.07. The fraction of sp³-hybridized carbons (Fsp3) is 0.200. The van der Waals surface area contributed by atoms with E-state index in [1.165, 1.54) is 0 Å². The first-order valence-electron chi connectivity index (χ1n) is 7.15. The minimum atomic E-state index is -4.92. The number of methoxy groups -OCH3 is 1. The highest BCUT2D eigenvalue weighted by atomic mass is 19.4. The number of anilines is 2. The normalized spacial score (nSPS) is 12.4. The summed E-state index contributed by atoms with van der Waals surface area (Å²) in [6.45, 7) is 0. The number of aromatic amines is 1. The minimum Gasteiger partial charge on any atom is -0.479 e. The van der Waals surface area contributed by atoms with Crippen molar-refractivity contribution in [1.82, 2.24) is 15.0 Å². The molecule has 0 aliphatic heterocycles. The van der Waals surface area contributed by atoms with Gasteiger partial charge in [-0.2, -0.15) is 31.3 Å². The average molecular weight is 394 g/mol. The highest BCUT2D eigenvalue weighted by Gasteiger charge is 2.36. The van der Waals surface area contributed by atoms with Crippen molar-refractivity contribution in [3.8, 4) is 5.88 Å². The number of nitrogens with one attached hydrogen (secondary N) is 2. The smallest absolute Gasteiger partial charge is 0.449 e. The molecule has 0 aliphatic carbocycles. The van der Waals surface area contributed by atoms with Crippen LogP contribution >= 0.6 is 0 Å². The van der Waals surface area contributed by atoms with Crippen LogP contribution in [0.4, 0.5) is 42.1 Å². The number of hydrogen-bond donors (Lipinski definition) is 2.